The molecule has 1 aliphatic heterocycles. The maximum absolute atomic E-state index is 9.67. The molecule has 0 atom stereocenters. The van der Waals surface area contributed by atoms with Gasteiger partial charge in [-0.25, -0.2) is 0 Å². The molecular formula is C17H20N6O. The molecule has 3 aromatic rings. The molecule has 1 aliphatic rings. The molecule has 0 unspecified atom stereocenters. The quantitative estimate of drug-likeness (QED) is 0.775. The van der Waals surface area contributed by atoms with Crippen molar-refractivity contribution in [2.24, 2.45) is 0 Å². The monoisotopic (exact) mass is 324 g/mol. The molecule has 0 radical (unpaired) electrons. The molecule has 1 aromatic carbocycles. The first-order chi connectivity index (χ1) is 11.6. The van der Waals surface area contributed by atoms with Crippen LogP contribution in [0.2, 0.25) is 0 Å². The molecule has 1 N–H and O–H groups in total. The van der Waals surface area contributed by atoms with Gasteiger partial charge in [0.25, 0.3) is 0 Å². The lowest BCUT2D eigenvalue weighted by Gasteiger charge is -2.38. The second-order valence-electron chi connectivity index (χ2n) is 6.15. The Hall–Kier alpha value is -2.83. The summed E-state index contributed by atoms with van der Waals surface area (Å²) in [4.78, 5) is 4.65. The van der Waals surface area contributed by atoms with E-state index in [0.29, 0.717) is 5.75 Å². The fourth-order valence-corrected chi connectivity index (χ4v) is 3.29. The van der Waals surface area contributed by atoms with Crippen LogP contribution in [0.4, 0.5) is 11.4 Å². The van der Waals surface area contributed by atoms with E-state index in [1.807, 2.05) is 25.1 Å². The van der Waals surface area contributed by atoms with E-state index in [1.54, 1.807) is 16.9 Å². The van der Waals surface area contributed by atoms with Gasteiger partial charge in [0, 0.05) is 37.9 Å². The Morgan fingerprint density at radius 1 is 1.04 bits per heavy atom. The lowest BCUT2D eigenvalue weighted by atomic mass is 10.1. The van der Waals surface area contributed by atoms with Crippen LogP contribution in [0.3, 0.4) is 0 Å². The second-order valence-corrected chi connectivity index (χ2v) is 6.15. The molecule has 4 rings (SSSR count). The zero-order valence-electron chi connectivity index (χ0n) is 13.8. The largest absolute Gasteiger partial charge is 0.508 e. The average Bonchev–Trinajstić information content (AvgIpc) is 3.04. The van der Waals surface area contributed by atoms with E-state index >= 15 is 0 Å². The van der Waals surface area contributed by atoms with Gasteiger partial charge >= 0.3 is 0 Å². The number of hydrogen-bond donors (Lipinski definition) is 1. The molecule has 7 heteroatoms. The van der Waals surface area contributed by atoms with Crippen LogP contribution in [0.5, 0.6) is 5.75 Å². The predicted octanol–water partition coefficient (Wildman–Crippen LogP) is 1.77. The fourth-order valence-electron chi connectivity index (χ4n) is 3.29. The highest BCUT2D eigenvalue weighted by Gasteiger charge is 2.23. The third-order valence-electron chi connectivity index (χ3n) is 4.69. The van der Waals surface area contributed by atoms with Crippen LogP contribution in [0.1, 0.15) is 11.3 Å². The van der Waals surface area contributed by atoms with Gasteiger partial charge in [0.2, 0.25) is 5.65 Å². The van der Waals surface area contributed by atoms with Crippen LogP contribution >= 0.6 is 0 Å². The minimum atomic E-state index is 0.306. The summed E-state index contributed by atoms with van der Waals surface area (Å²) in [6, 6.07) is 7.43. The van der Waals surface area contributed by atoms with E-state index in [2.05, 4.69) is 32.0 Å². The first-order valence-electron chi connectivity index (χ1n) is 8.09. The molecule has 0 bridgehead atoms. The first kappa shape index (κ1) is 14.7. The number of rotatable bonds is 2. The van der Waals surface area contributed by atoms with Gasteiger partial charge in [-0.2, -0.15) is 9.61 Å². The smallest absolute Gasteiger partial charge is 0.201 e. The summed E-state index contributed by atoms with van der Waals surface area (Å²) in [6.07, 6.45) is 1.65. The highest BCUT2D eigenvalue weighted by molar-refractivity contribution is 5.73. The first-order valence-corrected chi connectivity index (χ1v) is 8.09. The number of phenolic OH excluding ortho intramolecular Hbond substituents is 1. The van der Waals surface area contributed by atoms with Gasteiger partial charge < -0.3 is 14.9 Å². The van der Waals surface area contributed by atoms with Crippen molar-refractivity contribution in [3.8, 4) is 5.75 Å². The minimum absolute atomic E-state index is 0.306. The van der Waals surface area contributed by atoms with Gasteiger partial charge in [0.05, 0.1) is 11.4 Å². The van der Waals surface area contributed by atoms with E-state index in [0.717, 1.165) is 54.5 Å². The van der Waals surface area contributed by atoms with Gasteiger partial charge in [0.15, 0.2) is 0 Å². The summed E-state index contributed by atoms with van der Waals surface area (Å²) in [7, 11) is 0. The number of aryl methyl sites for hydroxylation is 1. The fraction of sp³-hybridized carbons (Fsp3) is 0.353. The van der Waals surface area contributed by atoms with Crippen molar-refractivity contribution in [3.05, 3.63) is 41.9 Å². The normalized spacial score (nSPS) is 15.2. The second kappa shape index (κ2) is 5.67. The Morgan fingerprint density at radius 2 is 1.79 bits per heavy atom. The SMILES string of the molecule is Cc1nn2cnnc2c(N2CCN(c3cccc(O)c3)CC2)c1C. The Bertz CT molecular complexity index is 882. The Kier molecular flexibility index (Phi) is 3.48. The van der Waals surface area contributed by atoms with Crippen LogP contribution < -0.4 is 9.80 Å². The van der Waals surface area contributed by atoms with Gasteiger partial charge in [-0.05, 0) is 31.5 Å². The average molecular weight is 324 g/mol. The number of aromatic nitrogens is 4. The zero-order chi connectivity index (χ0) is 16.7. The highest BCUT2D eigenvalue weighted by Crippen LogP contribution is 2.28. The Morgan fingerprint density at radius 3 is 2.54 bits per heavy atom. The molecule has 1 fully saturated rings. The number of phenols is 1. The number of aromatic hydroxyl groups is 1. The van der Waals surface area contributed by atoms with E-state index in [1.165, 1.54) is 0 Å². The van der Waals surface area contributed by atoms with Gasteiger partial charge in [-0.3, -0.25) is 0 Å². The summed E-state index contributed by atoms with van der Waals surface area (Å²) in [6.45, 7) is 7.68. The van der Waals surface area contributed by atoms with Crippen molar-refractivity contribution in [1.82, 2.24) is 19.8 Å². The van der Waals surface area contributed by atoms with Crippen molar-refractivity contribution in [2.45, 2.75) is 13.8 Å². The number of piperazine rings is 1. The molecular weight excluding hydrogens is 304 g/mol. The highest BCUT2D eigenvalue weighted by atomic mass is 16.3. The summed E-state index contributed by atoms with van der Waals surface area (Å²) in [5.74, 6) is 0.306. The van der Waals surface area contributed by atoms with Crippen LogP contribution in [0, 0.1) is 13.8 Å². The molecule has 0 amide bonds. The molecule has 0 spiro atoms. The maximum Gasteiger partial charge on any atom is 0.201 e. The lowest BCUT2D eigenvalue weighted by Crippen LogP contribution is -2.47. The van der Waals surface area contributed by atoms with Crippen LogP contribution in [-0.2, 0) is 0 Å². The number of benzene rings is 1. The summed E-state index contributed by atoms with van der Waals surface area (Å²) in [5.41, 5.74) is 5.14. The molecule has 2 aromatic heterocycles. The van der Waals surface area contributed by atoms with Gasteiger partial charge in [-0.1, -0.05) is 6.07 Å². The number of hydrogen-bond acceptors (Lipinski definition) is 6. The summed E-state index contributed by atoms with van der Waals surface area (Å²) < 4.78 is 1.75. The van der Waals surface area contributed by atoms with Gasteiger partial charge in [-0.15, -0.1) is 10.2 Å². The molecule has 24 heavy (non-hydrogen) atoms. The van der Waals surface area contributed by atoms with E-state index in [4.69, 9.17) is 0 Å². The Balaban J connectivity index is 1.60. The number of anilines is 2. The Labute approximate surface area is 140 Å². The molecule has 0 aliphatic carbocycles. The van der Waals surface area contributed by atoms with Crippen molar-refractivity contribution < 1.29 is 5.11 Å². The standard InChI is InChI=1S/C17H20N6O/c1-12-13(2)20-23-11-18-19-17(23)16(12)22-8-6-21(7-9-22)14-4-3-5-15(24)10-14/h3-5,10-11,24H,6-9H2,1-2H3. The van der Waals surface area contributed by atoms with E-state index in [9.17, 15) is 5.11 Å². The predicted molar refractivity (Wildman–Crippen MR) is 92.8 cm³/mol. The van der Waals surface area contributed by atoms with E-state index < -0.39 is 0 Å². The van der Waals surface area contributed by atoms with Crippen molar-refractivity contribution in [2.75, 3.05) is 36.0 Å². The van der Waals surface area contributed by atoms with E-state index in [-0.39, 0.29) is 0 Å². The van der Waals surface area contributed by atoms with Crippen molar-refractivity contribution in [3.63, 3.8) is 0 Å². The topological polar surface area (TPSA) is 69.8 Å². The number of fused-ring (bicyclic) bond motifs is 1. The summed E-state index contributed by atoms with van der Waals surface area (Å²) in [5, 5.41) is 22.4. The summed E-state index contributed by atoms with van der Waals surface area (Å²) >= 11 is 0. The minimum Gasteiger partial charge on any atom is -0.508 e. The van der Waals surface area contributed by atoms with Crippen molar-refractivity contribution >= 4 is 17.0 Å². The molecule has 0 saturated carbocycles. The van der Waals surface area contributed by atoms with Gasteiger partial charge in [0.1, 0.15) is 12.1 Å². The molecule has 124 valence electrons. The molecule has 7 nitrogen and oxygen atoms in total. The van der Waals surface area contributed by atoms with Crippen LogP contribution in [0.15, 0.2) is 30.6 Å². The lowest BCUT2D eigenvalue weighted by molar-refractivity contribution is 0.475. The number of nitrogens with zero attached hydrogens (tertiary/aromatic N) is 6. The molecule has 1 saturated heterocycles. The third-order valence-corrected chi connectivity index (χ3v) is 4.69. The van der Waals surface area contributed by atoms with Crippen LogP contribution in [0.25, 0.3) is 5.65 Å². The maximum atomic E-state index is 9.67. The third kappa shape index (κ3) is 2.42. The van der Waals surface area contributed by atoms with Crippen LogP contribution in [-0.4, -0.2) is 51.1 Å². The molecule has 3 heterocycles. The zero-order valence-corrected chi connectivity index (χ0v) is 13.8. The van der Waals surface area contributed by atoms with Crippen molar-refractivity contribution in [1.29, 1.82) is 0 Å².